The quantitative estimate of drug-likeness (QED) is 0.418. The highest BCUT2D eigenvalue weighted by Gasteiger charge is 2.19. The molecule has 1 aliphatic rings. The third-order valence-corrected chi connectivity index (χ3v) is 4.36. The van der Waals surface area contributed by atoms with E-state index in [0.717, 1.165) is 6.26 Å². The molecule has 136 valence electrons. The molecule has 11 heteroatoms. The van der Waals surface area contributed by atoms with Crippen molar-refractivity contribution < 1.29 is 26.4 Å². The van der Waals surface area contributed by atoms with Crippen LogP contribution in [0.25, 0.3) is 6.08 Å². The molecule has 25 heavy (non-hydrogen) atoms. The lowest BCUT2D eigenvalue weighted by atomic mass is 10.1. The van der Waals surface area contributed by atoms with Gasteiger partial charge in [-0.3, -0.25) is 18.6 Å². The maximum absolute atomic E-state index is 12.3. The second-order valence-electron chi connectivity index (χ2n) is 5.11. The second-order valence-corrected chi connectivity index (χ2v) is 8.01. The van der Waals surface area contributed by atoms with Crippen LogP contribution < -0.4 is 15.8 Å². The Labute approximate surface area is 147 Å². The van der Waals surface area contributed by atoms with E-state index in [-0.39, 0.29) is 13.0 Å². The molecule has 0 saturated carbocycles. The standard InChI is InChI=1S/C14H17N3O6S2/c1-24(19)11-5-3-4-9-8-10(6-7-22-12(9)11)13(18)16-14(15)17-23-25(2,20)21/h3-5,8H,6-7H2,1-2H3,(H3,15,16,17,18). The number of hydrogen-bond donors (Lipinski definition) is 2. The van der Waals surface area contributed by atoms with Crippen molar-refractivity contribution in [1.29, 1.82) is 0 Å². The van der Waals surface area contributed by atoms with Gasteiger partial charge in [-0.25, -0.2) is 0 Å². The number of ether oxygens (including phenoxy) is 1. The van der Waals surface area contributed by atoms with Crippen molar-refractivity contribution in [3.05, 3.63) is 29.3 Å². The number of carbonyl (C=O) groups excluding carboxylic acids is 1. The van der Waals surface area contributed by atoms with Gasteiger partial charge in [0.1, 0.15) is 5.75 Å². The number of guanidine groups is 1. The van der Waals surface area contributed by atoms with Gasteiger partial charge in [0.25, 0.3) is 5.91 Å². The lowest BCUT2D eigenvalue weighted by Crippen LogP contribution is -2.38. The fraction of sp³-hybridized carbons (Fsp3) is 0.286. The van der Waals surface area contributed by atoms with E-state index in [9.17, 15) is 17.4 Å². The molecular formula is C14H17N3O6S2. The maximum atomic E-state index is 12.3. The maximum Gasteiger partial charge on any atom is 0.325 e. The van der Waals surface area contributed by atoms with E-state index in [2.05, 4.69) is 14.8 Å². The van der Waals surface area contributed by atoms with E-state index < -0.39 is 32.8 Å². The molecule has 0 aliphatic carbocycles. The molecule has 0 radical (unpaired) electrons. The molecule has 3 N–H and O–H groups in total. The molecule has 1 unspecified atom stereocenters. The van der Waals surface area contributed by atoms with Crippen molar-refractivity contribution in [3.63, 3.8) is 0 Å². The van der Waals surface area contributed by atoms with Crippen molar-refractivity contribution in [2.75, 3.05) is 19.1 Å². The van der Waals surface area contributed by atoms with Crippen LogP contribution in [-0.2, 0) is 30.0 Å². The third kappa shape index (κ3) is 5.29. The number of rotatable bonds is 4. The van der Waals surface area contributed by atoms with Gasteiger partial charge in [-0.15, -0.1) is 0 Å². The summed E-state index contributed by atoms with van der Waals surface area (Å²) in [5, 5.41) is 5.34. The molecule has 1 atom stereocenters. The van der Waals surface area contributed by atoms with Gasteiger partial charge in [0, 0.05) is 23.8 Å². The number of nitrogens with one attached hydrogen (secondary N) is 1. The number of hydrogen-bond acceptors (Lipinski definition) is 7. The summed E-state index contributed by atoms with van der Waals surface area (Å²) >= 11 is 0. The summed E-state index contributed by atoms with van der Waals surface area (Å²) in [6, 6.07) is 5.14. The van der Waals surface area contributed by atoms with Crippen LogP contribution >= 0.6 is 0 Å². The van der Waals surface area contributed by atoms with Crippen LogP contribution in [0.5, 0.6) is 5.75 Å². The molecule has 9 nitrogen and oxygen atoms in total. The minimum absolute atomic E-state index is 0.206. The summed E-state index contributed by atoms with van der Waals surface area (Å²) in [7, 11) is -5.06. The van der Waals surface area contributed by atoms with E-state index >= 15 is 0 Å². The Morgan fingerprint density at radius 3 is 2.80 bits per heavy atom. The number of para-hydroxylation sites is 1. The first-order valence-corrected chi connectivity index (χ1v) is 10.4. The van der Waals surface area contributed by atoms with Crippen LogP contribution in [0.2, 0.25) is 0 Å². The van der Waals surface area contributed by atoms with Crippen LogP contribution in [-0.4, -0.2) is 43.6 Å². The number of nitrogens with two attached hydrogens (primary N) is 1. The molecule has 1 aromatic rings. The minimum atomic E-state index is -3.82. The first-order chi connectivity index (χ1) is 11.7. The van der Waals surface area contributed by atoms with E-state index in [1.54, 1.807) is 30.5 Å². The van der Waals surface area contributed by atoms with E-state index in [4.69, 9.17) is 10.5 Å². The van der Waals surface area contributed by atoms with Crippen molar-refractivity contribution in [3.8, 4) is 5.75 Å². The predicted octanol–water partition coefficient (Wildman–Crippen LogP) is -0.0880. The molecule has 0 fully saturated rings. The lowest BCUT2D eigenvalue weighted by molar-refractivity contribution is -0.116. The molecule has 1 amide bonds. The Balaban J connectivity index is 2.23. The van der Waals surface area contributed by atoms with Crippen molar-refractivity contribution in [2.24, 2.45) is 10.9 Å². The van der Waals surface area contributed by atoms with Gasteiger partial charge in [0.15, 0.2) is 0 Å². The molecule has 0 saturated heterocycles. The van der Waals surface area contributed by atoms with Crippen molar-refractivity contribution in [1.82, 2.24) is 5.32 Å². The van der Waals surface area contributed by atoms with Gasteiger partial charge in [-0.05, 0) is 17.3 Å². The first-order valence-electron chi connectivity index (χ1n) is 7.00. The van der Waals surface area contributed by atoms with Gasteiger partial charge >= 0.3 is 10.1 Å². The summed E-state index contributed by atoms with van der Waals surface area (Å²) in [5.74, 6) is -0.601. The van der Waals surface area contributed by atoms with E-state index in [1.807, 2.05) is 0 Å². The number of amides is 1. The summed E-state index contributed by atoms with van der Waals surface area (Å²) in [4.78, 5) is 12.8. The number of carbonyl (C=O) groups is 1. The number of fused-ring (bicyclic) bond motifs is 1. The van der Waals surface area contributed by atoms with Gasteiger partial charge in [0.05, 0.1) is 28.6 Å². The van der Waals surface area contributed by atoms with Crippen LogP contribution in [0.4, 0.5) is 0 Å². The van der Waals surface area contributed by atoms with Crippen LogP contribution in [0.3, 0.4) is 0 Å². The highest BCUT2D eigenvalue weighted by atomic mass is 32.2. The van der Waals surface area contributed by atoms with E-state index in [0.29, 0.717) is 21.8 Å². The average Bonchev–Trinajstić information content (AvgIpc) is 2.74. The van der Waals surface area contributed by atoms with Gasteiger partial charge in [0.2, 0.25) is 5.96 Å². The highest BCUT2D eigenvalue weighted by Crippen LogP contribution is 2.31. The second kappa shape index (κ2) is 7.66. The molecule has 0 bridgehead atoms. The minimum Gasteiger partial charge on any atom is -0.491 e. The summed E-state index contributed by atoms with van der Waals surface area (Å²) in [5.41, 5.74) is 6.37. The molecular weight excluding hydrogens is 370 g/mol. The molecule has 1 aromatic carbocycles. The van der Waals surface area contributed by atoms with Crippen LogP contribution in [0.1, 0.15) is 12.0 Å². The predicted molar refractivity (Wildman–Crippen MR) is 92.6 cm³/mol. The van der Waals surface area contributed by atoms with Crippen LogP contribution in [0, 0.1) is 0 Å². The van der Waals surface area contributed by atoms with Crippen molar-refractivity contribution >= 4 is 38.9 Å². The largest absolute Gasteiger partial charge is 0.491 e. The third-order valence-electron chi connectivity index (χ3n) is 3.07. The summed E-state index contributed by atoms with van der Waals surface area (Å²) in [6.45, 7) is 0.206. The Morgan fingerprint density at radius 2 is 2.16 bits per heavy atom. The molecule has 0 aromatic heterocycles. The Morgan fingerprint density at radius 1 is 1.44 bits per heavy atom. The van der Waals surface area contributed by atoms with Crippen molar-refractivity contribution in [2.45, 2.75) is 11.3 Å². The number of nitrogens with zero attached hydrogens (tertiary/aromatic N) is 1. The fourth-order valence-electron chi connectivity index (χ4n) is 2.06. The first kappa shape index (κ1) is 18.9. The fourth-order valence-corrected chi connectivity index (χ4v) is 2.98. The topological polar surface area (TPSA) is 137 Å². The molecule has 1 heterocycles. The van der Waals surface area contributed by atoms with Crippen LogP contribution in [0.15, 0.2) is 33.8 Å². The highest BCUT2D eigenvalue weighted by molar-refractivity contribution is 7.86. The SMILES string of the molecule is CS(=O)c1cccc2c1OCCC(C(=O)NC(N)=NOS(C)(=O)=O)=C2. The Hall–Kier alpha value is -2.40. The smallest absolute Gasteiger partial charge is 0.325 e. The van der Waals surface area contributed by atoms with E-state index in [1.165, 1.54) is 0 Å². The summed E-state index contributed by atoms with van der Waals surface area (Å²) in [6.07, 6.45) is 4.21. The Kier molecular flexibility index (Phi) is 5.80. The zero-order chi connectivity index (χ0) is 18.6. The zero-order valence-corrected chi connectivity index (χ0v) is 15.1. The van der Waals surface area contributed by atoms with Gasteiger partial charge < -0.3 is 10.5 Å². The number of oxime groups is 1. The normalized spacial score (nSPS) is 15.9. The molecule has 0 spiro atoms. The van der Waals surface area contributed by atoms with Gasteiger partial charge in [-0.1, -0.05) is 12.1 Å². The van der Waals surface area contributed by atoms with Gasteiger partial charge in [-0.2, -0.15) is 8.42 Å². The lowest BCUT2D eigenvalue weighted by Gasteiger charge is -2.09. The summed E-state index contributed by atoms with van der Waals surface area (Å²) < 4.78 is 43.2. The molecule has 1 aliphatic heterocycles. The molecule has 2 rings (SSSR count). The zero-order valence-electron chi connectivity index (χ0n) is 13.5. The number of benzene rings is 1. The Bertz CT molecular complexity index is 877. The monoisotopic (exact) mass is 387 g/mol. The average molecular weight is 387 g/mol.